The van der Waals surface area contributed by atoms with Crippen LogP contribution in [-0.4, -0.2) is 47.7 Å². The normalized spacial score (nSPS) is 17.0. The summed E-state index contributed by atoms with van der Waals surface area (Å²) in [7, 11) is 0. The van der Waals surface area contributed by atoms with Crippen LogP contribution in [0.3, 0.4) is 0 Å². The SMILES string of the molecule is O=C(O)[C@@H]1CN(C(=O)c2ccc(Oc3ccc(F)cc3F)cc2)CCO1. The number of carboxylic acid groups (broad SMARTS) is 1. The minimum atomic E-state index is -1.12. The maximum absolute atomic E-state index is 13.6. The monoisotopic (exact) mass is 363 g/mol. The molecule has 1 amide bonds. The molecule has 1 saturated heterocycles. The number of carboxylic acids is 1. The fraction of sp³-hybridized carbons (Fsp3) is 0.222. The molecule has 2 aromatic carbocycles. The fourth-order valence-corrected chi connectivity index (χ4v) is 2.52. The molecule has 1 atom stereocenters. The van der Waals surface area contributed by atoms with Crippen molar-refractivity contribution in [1.82, 2.24) is 4.90 Å². The minimum Gasteiger partial charge on any atom is -0.479 e. The van der Waals surface area contributed by atoms with Crippen molar-refractivity contribution < 1.29 is 33.0 Å². The molecule has 0 aliphatic carbocycles. The van der Waals surface area contributed by atoms with E-state index in [4.69, 9.17) is 14.6 Å². The van der Waals surface area contributed by atoms with E-state index in [1.54, 1.807) is 0 Å². The van der Waals surface area contributed by atoms with Gasteiger partial charge < -0.3 is 19.5 Å². The molecule has 0 aromatic heterocycles. The van der Waals surface area contributed by atoms with Gasteiger partial charge in [-0.15, -0.1) is 0 Å². The Kier molecular flexibility index (Phi) is 5.13. The molecule has 1 aliphatic heterocycles. The topological polar surface area (TPSA) is 76.1 Å². The zero-order chi connectivity index (χ0) is 18.7. The molecule has 8 heteroatoms. The molecule has 1 heterocycles. The molecular formula is C18H15F2NO5. The van der Waals surface area contributed by atoms with Gasteiger partial charge in [0.15, 0.2) is 17.7 Å². The van der Waals surface area contributed by atoms with Crippen molar-refractivity contribution in [1.29, 1.82) is 0 Å². The van der Waals surface area contributed by atoms with E-state index in [0.29, 0.717) is 18.2 Å². The maximum Gasteiger partial charge on any atom is 0.334 e. The van der Waals surface area contributed by atoms with Gasteiger partial charge in [-0.1, -0.05) is 0 Å². The number of halogens is 2. The molecule has 136 valence electrons. The Morgan fingerprint density at radius 1 is 1.15 bits per heavy atom. The Bertz CT molecular complexity index is 825. The average molecular weight is 363 g/mol. The summed E-state index contributed by atoms with van der Waals surface area (Å²) in [5.74, 6) is -2.86. The lowest BCUT2D eigenvalue weighted by Gasteiger charge is -2.30. The predicted octanol–water partition coefficient (Wildman–Crippen LogP) is 2.68. The van der Waals surface area contributed by atoms with E-state index in [0.717, 1.165) is 6.07 Å². The summed E-state index contributed by atoms with van der Waals surface area (Å²) in [6.45, 7) is 0.405. The molecule has 0 unspecified atom stereocenters. The number of aliphatic carboxylic acids is 1. The first-order valence-corrected chi connectivity index (χ1v) is 7.80. The first kappa shape index (κ1) is 17.8. The van der Waals surface area contributed by atoms with Crippen LogP contribution in [0.4, 0.5) is 8.78 Å². The van der Waals surface area contributed by atoms with Gasteiger partial charge in [0.1, 0.15) is 11.6 Å². The van der Waals surface area contributed by atoms with E-state index in [-0.39, 0.29) is 30.6 Å². The Morgan fingerprint density at radius 3 is 2.54 bits per heavy atom. The van der Waals surface area contributed by atoms with Gasteiger partial charge in [0.05, 0.1) is 13.2 Å². The van der Waals surface area contributed by atoms with Crippen LogP contribution >= 0.6 is 0 Å². The molecule has 0 saturated carbocycles. The van der Waals surface area contributed by atoms with Crippen molar-refractivity contribution in [3.63, 3.8) is 0 Å². The van der Waals surface area contributed by atoms with E-state index in [1.165, 1.54) is 35.2 Å². The van der Waals surface area contributed by atoms with E-state index >= 15 is 0 Å². The second-order valence-corrected chi connectivity index (χ2v) is 5.65. The molecule has 6 nitrogen and oxygen atoms in total. The number of morpholine rings is 1. The Hall–Kier alpha value is -3.00. The van der Waals surface area contributed by atoms with Gasteiger partial charge in [0, 0.05) is 18.2 Å². The zero-order valence-electron chi connectivity index (χ0n) is 13.5. The van der Waals surface area contributed by atoms with Crippen LogP contribution in [0.1, 0.15) is 10.4 Å². The van der Waals surface area contributed by atoms with Crippen LogP contribution in [-0.2, 0) is 9.53 Å². The molecule has 3 rings (SSSR count). The van der Waals surface area contributed by atoms with Gasteiger partial charge in [-0.3, -0.25) is 4.79 Å². The van der Waals surface area contributed by atoms with Crippen LogP contribution in [0, 0.1) is 11.6 Å². The summed E-state index contributed by atoms with van der Waals surface area (Å²) in [5, 5.41) is 8.99. The second kappa shape index (κ2) is 7.49. The summed E-state index contributed by atoms with van der Waals surface area (Å²) in [4.78, 5) is 24.9. The van der Waals surface area contributed by atoms with Crippen LogP contribution in [0.2, 0.25) is 0 Å². The molecule has 0 spiro atoms. The fourth-order valence-electron chi connectivity index (χ4n) is 2.52. The predicted molar refractivity (Wildman–Crippen MR) is 86.2 cm³/mol. The highest BCUT2D eigenvalue weighted by Crippen LogP contribution is 2.25. The third kappa shape index (κ3) is 3.97. The van der Waals surface area contributed by atoms with Gasteiger partial charge in [-0.05, 0) is 36.4 Å². The van der Waals surface area contributed by atoms with Crippen molar-refractivity contribution in [3.05, 3.63) is 59.7 Å². The standard InChI is InChI=1S/C18H15F2NO5/c19-12-3-6-15(14(20)9-12)26-13-4-1-11(2-5-13)17(22)21-7-8-25-16(10-21)18(23)24/h1-6,9,16H,7-8,10H2,(H,23,24)/t16-/m0/s1. The van der Waals surface area contributed by atoms with Gasteiger partial charge in [-0.25, -0.2) is 13.6 Å². The summed E-state index contributed by atoms with van der Waals surface area (Å²) < 4.78 is 36.9. The van der Waals surface area contributed by atoms with Gasteiger partial charge >= 0.3 is 5.97 Å². The van der Waals surface area contributed by atoms with E-state index in [1.807, 2.05) is 0 Å². The molecule has 2 aromatic rings. The Morgan fingerprint density at radius 2 is 1.88 bits per heavy atom. The lowest BCUT2D eigenvalue weighted by molar-refractivity contribution is -0.154. The maximum atomic E-state index is 13.6. The van der Waals surface area contributed by atoms with Crippen molar-refractivity contribution >= 4 is 11.9 Å². The number of carbonyl (C=O) groups excluding carboxylic acids is 1. The second-order valence-electron chi connectivity index (χ2n) is 5.65. The molecule has 0 radical (unpaired) electrons. The van der Waals surface area contributed by atoms with Crippen LogP contribution in [0.5, 0.6) is 11.5 Å². The quantitative estimate of drug-likeness (QED) is 0.904. The minimum absolute atomic E-state index is 0.0345. The molecule has 1 N–H and O–H groups in total. The largest absolute Gasteiger partial charge is 0.479 e. The highest BCUT2D eigenvalue weighted by atomic mass is 19.1. The number of hydrogen-bond donors (Lipinski definition) is 1. The smallest absolute Gasteiger partial charge is 0.334 e. The van der Waals surface area contributed by atoms with Crippen LogP contribution in [0.15, 0.2) is 42.5 Å². The Labute approximate surface area is 147 Å². The van der Waals surface area contributed by atoms with E-state index in [2.05, 4.69) is 0 Å². The molecule has 1 fully saturated rings. The average Bonchev–Trinajstić information content (AvgIpc) is 2.64. The first-order valence-electron chi connectivity index (χ1n) is 7.80. The third-order valence-electron chi connectivity index (χ3n) is 3.85. The van der Waals surface area contributed by atoms with Crippen molar-refractivity contribution in [2.24, 2.45) is 0 Å². The Balaban J connectivity index is 1.69. The van der Waals surface area contributed by atoms with Gasteiger partial charge in [0.25, 0.3) is 5.91 Å². The lowest BCUT2D eigenvalue weighted by atomic mass is 10.1. The van der Waals surface area contributed by atoms with E-state index in [9.17, 15) is 18.4 Å². The highest BCUT2D eigenvalue weighted by Gasteiger charge is 2.29. The van der Waals surface area contributed by atoms with Crippen molar-refractivity contribution in [2.45, 2.75) is 6.10 Å². The molecule has 0 bridgehead atoms. The number of hydrogen-bond acceptors (Lipinski definition) is 4. The number of benzene rings is 2. The van der Waals surface area contributed by atoms with Crippen LogP contribution < -0.4 is 4.74 Å². The molecule has 1 aliphatic rings. The summed E-state index contributed by atoms with van der Waals surface area (Å²) in [6, 6.07) is 8.90. The molecule has 26 heavy (non-hydrogen) atoms. The lowest BCUT2D eigenvalue weighted by Crippen LogP contribution is -2.48. The third-order valence-corrected chi connectivity index (χ3v) is 3.85. The number of rotatable bonds is 4. The molecular weight excluding hydrogens is 348 g/mol. The number of ether oxygens (including phenoxy) is 2. The van der Waals surface area contributed by atoms with Gasteiger partial charge in [-0.2, -0.15) is 0 Å². The highest BCUT2D eigenvalue weighted by molar-refractivity contribution is 5.94. The summed E-state index contributed by atoms with van der Waals surface area (Å²) in [6.07, 6.45) is -1.04. The summed E-state index contributed by atoms with van der Waals surface area (Å²) >= 11 is 0. The van der Waals surface area contributed by atoms with E-state index < -0.39 is 23.7 Å². The van der Waals surface area contributed by atoms with Gasteiger partial charge in [0.2, 0.25) is 0 Å². The zero-order valence-corrected chi connectivity index (χ0v) is 13.5. The van der Waals surface area contributed by atoms with Crippen molar-refractivity contribution in [3.8, 4) is 11.5 Å². The summed E-state index contributed by atoms with van der Waals surface area (Å²) in [5.41, 5.74) is 0.336. The number of carbonyl (C=O) groups is 2. The van der Waals surface area contributed by atoms with Crippen molar-refractivity contribution in [2.75, 3.05) is 19.7 Å². The number of nitrogens with zero attached hydrogens (tertiary/aromatic N) is 1. The first-order chi connectivity index (χ1) is 12.4. The van der Waals surface area contributed by atoms with Crippen LogP contribution in [0.25, 0.3) is 0 Å². The number of amides is 1.